The topological polar surface area (TPSA) is 92.8 Å². The highest BCUT2D eigenvalue weighted by atomic mass is 32.2. The highest BCUT2D eigenvalue weighted by Gasteiger charge is 2.33. The van der Waals surface area contributed by atoms with Gasteiger partial charge in [-0.25, -0.2) is 21.6 Å². The van der Waals surface area contributed by atoms with E-state index >= 15 is 0 Å². The number of benzene rings is 1. The molecule has 0 spiro atoms. The molecular weight excluding hydrogens is 409 g/mol. The van der Waals surface area contributed by atoms with Gasteiger partial charge in [0.2, 0.25) is 20.0 Å². The summed E-state index contributed by atoms with van der Waals surface area (Å²) in [6.45, 7) is 3.45. The number of nitrogens with zero attached hydrogens (tertiary/aromatic N) is 1. The molecule has 1 aromatic rings. The minimum absolute atomic E-state index is 0.0393. The van der Waals surface area contributed by atoms with Gasteiger partial charge in [-0.3, -0.25) is 0 Å². The van der Waals surface area contributed by atoms with Crippen LogP contribution in [-0.4, -0.2) is 47.1 Å². The number of piperidine rings is 1. The molecule has 0 radical (unpaired) electrons. The second-order valence-corrected chi connectivity index (χ2v) is 9.60. The fourth-order valence-corrected chi connectivity index (χ4v) is 4.86. The van der Waals surface area contributed by atoms with Crippen molar-refractivity contribution in [2.45, 2.75) is 24.1 Å². The maximum absolute atomic E-state index is 12.7. The van der Waals surface area contributed by atoms with Gasteiger partial charge in [-0.05, 0) is 30.9 Å². The Morgan fingerprint density at radius 2 is 2.00 bits per heavy atom. The van der Waals surface area contributed by atoms with Gasteiger partial charge in [0, 0.05) is 31.1 Å². The summed E-state index contributed by atoms with van der Waals surface area (Å²) in [7, 11) is -7.67. The molecule has 7 nitrogen and oxygen atoms in total. The highest BCUT2D eigenvalue weighted by Crippen LogP contribution is 2.28. The van der Waals surface area contributed by atoms with E-state index in [9.17, 15) is 30.0 Å². The Hall–Kier alpha value is -1.63. The molecule has 1 saturated heterocycles. The predicted molar refractivity (Wildman–Crippen MR) is 91.7 cm³/mol. The molecular formula is C15H19F3N2O5S2. The van der Waals surface area contributed by atoms with E-state index in [4.69, 9.17) is 0 Å². The molecule has 1 heterocycles. The van der Waals surface area contributed by atoms with Crippen molar-refractivity contribution in [1.82, 2.24) is 9.03 Å². The van der Waals surface area contributed by atoms with E-state index in [1.54, 1.807) is 0 Å². The first kappa shape index (κ1) is 21.7. The van der Waals surface area contributed by atoms with Crippen LogP contribution >= 0.6 is 0 Å². The van der Waals surface area contributed by atoms with Gasteiger partial charge in [-0.15, -0.1) is 13.2 Å². The molecule has 0 saturated carbocycles. The third kappa shape index (κ3) is 6.19. The number of halogens is 3. The maximum atomic E-state index is 12.7. The predicted octanol–water partition coefficient (Wildman–Crippen LogP) is 2.05. The number of nitrogens with one attached hydrogen (secondary N) is 1. The zero-order valence-corrected chi connectivity index (χ0v) is 15.8. The molecule has 1 aliphatic rings. The Kier molecular flexibility index (Phi) is 6.55. The first-order valence-corrected chi connectivity index (χ1v) is 10.9. The third-order valence-electron chi connectivity index (χ3n) is 3.95. The van der Waals surface area contributed by atoms with E-state index in [1.165, 1.54) is 6.07 Å². The number of rotatable bonds is 7. The van der Waals surface area contributed by atoms with Crippen molar-refractivity contribution < 1.29 is 34.7 Å². The fourth-order valence-electron chi connectivity index (χ4n) is 2.69. The summed E-state index contributed by atoms with van der Waals surface area (Å²) in [4.78, 5) is -0.323. The lowest BCUT2D eigenvalue weighted by Crippen LogP contribution is -2.43. The highest BCUT2D eigenvalue weighted by molar-refractivity contribution is 7.92. The lowest BCUT2D eigenvalue weighted by molar-refractivity contribution is -0.274. The largest absolute Gasteiger partial charge is 0.573 e. The van der Waals surface area contributed by atoms with Crippen molar-refractivity contribution in [3.05, 3.63) is 36.3 Å². The Bertz CT molecular complexity index is 885. The number of hydrogen-bond donors (Lipinski definition) is 1. The van der Waals surface area contributed by atoms with Gasteiger partial charge in [-0.2, -0.15) is 4.31 Å². The second-order valence-electron chi connectivity index (χ2n) is 5.95. The summed E-state index contributed by atoms with van der Waals surface area (Å²) >= 11 is 0. The lowest BCUT2D eigenvalue weighted by atomic mass is 10.0. The molecule has 12 heteroatoms. The number of sulfonamides is 2. The molecule has 152 valence electrons. The van der Waals surface area contributed by atoms with E-state index < -0.39 is 32.2 Å². The molecule has 1 fully saturated rings. The molecule has 1 aromatic carbocycles. The first-order chi connectivity index (χ1) is 12.4. The fraction of sp³-hybridized carbons (Fsp3) is 0.467. The van der Waals surface area contributed by atoms with Crippen LogP contribution in [0.1, 0.15) is 12.8 Å². The Labute approximate surface area is 155 Å². The van der Waals surface area contributed by atoms with Crippen LogP contribution in [0.25, 0.3) is 0 Å². The van der Waals surface area contributed by atoms with Crippen molar-refractivity contribution in [2.24, 2.45) is 5.92 Å². The van der Waals surface area contributed by atoms with Crippen molar-refractivity contribution >= 4 is 20.0 Å². The van der Waals surface area contributed by atoms with Crippen LogP contribution in [0.2, 0.25) is 0 Å². The van der Waals surface area contributed by atoms with E-state index in [2.05, 4.69) is 16.0 Å². The quantitative estimate of drug-likeness (QED) is 0.718. The molecule has 0 aromatic heterocycles. The van der Waals surface area contributed by atoms with Crippen LogP contribution in [0.5, 0.6) is 5.75 Å². The third-order valence-corrected chi connectivity index (χ3v) is 6.82. The zero-order valence-electron chi connectivity index (χ0n) is 14.1. The van der Waals surface area contributed by atoms with Crippen LogP contribution < -0.4 is 9.46 Å². The minimum atomic E-state index is -4.93. The SMILES string of the molecule is C=CS(=O)(=O)NCC1CCCN(S(=O)(=O)c2cccc(OC(F)(F)F)c2)C1. The molecule has 0 aliphatic carbocycles. The molecule has 1 aliphatic heterocycles. The Balaban J connectivity index is 2.14. The Morgan fingerprint density at radius 1 is 1.30 bits per heavy atom. The molecule has 27 heavy (non-hydrogen) atoms. The van der Waals surface area contributed by atoms with Gasteiger partial charge < -0.3 is 4.74 Å². The summed E-state index contributed by atoms with van der Waals surface area (Å²) in [5, 5.41) is 0.760. The lowest BCUT2D eigenvalue weighted by Gasteiger charge is -2.32. The van der Waals surface area contributed by atoms with Crippen LogP contribution in [0.3, 0.4) is 0 Å². The molecule has 0 bridgehead atoms. The van der Waals surface area contributed by atoms with E-state index in [-0.39, 0.29) is 30.4 Å². The van der Waals surface area contributed by atoms with Crippen molar-refractivity contribution in [2.75, 3.05) is 19.6 Å². The van der Waals surface area contributed by atoms with Crippen molar-refractivity contribution in [3.8, 4) is 5.75 Å². The van der Waals surface area contributed by atoms with E-state index in [0.29, 0.717) is 12.8 Å². The minimum Gasteiger partial charge on any atom is -0.406 e. The van der Waals surface area contributed by atoms with Crippen molar-refractivity contribution in [3.63, 3.8) is 0 Å². The van der Waals surface area contributed by atoms with Gasteiger partial charge in [0.25, 0.3) is 0 Å². The summed E-state index contributed by atoms with van der Waals surface area (Å²) in [6.07, 6.45) is -3.82. The van der Waals surface area contributed by atoms with Gasteiger partial charge in [0.15, 0.2) is 0 Å². The van der Waals surface area contributed by atoms with Crippen LogP contribution in [0, 0.1) is 5.92 Å². The number of alkyl halides is 3. The van der Waals surface area contributed by atoms with Gasteiger partial charge in [0.05, 0.1) is 4.90 Å². The summed E-state index contributed by atoms with van der Waals surface area (Å²) in [5.74, 6) is -0.895. The summed E-state index contributed by atoms with van der Waals surface area (Å²) in [6, 6.07) is 4.17. The Morgan fingerprint density at radius 3 is 2.63 bits per heavy atom. The molecule has 0 amide bonds. The van der Waals surface area contributed by atoms with Gasteiger partial charge in [0.1, 0.15) is 5.75 Å². The average molecular weight is 428 g/mol. The normalized spacial score (nSPS) is 19.6. The van der Waals surface area contributed by atoms with Crippen molar-refractivity contribution in [1.29, 1.82) is 0 Å². The van der Waals surface area contributed by atoms with Crippen LogP contribution in [-0.2, 0) is 20.0 Å². The molecule has 1 unspecified atom stereocenters. The monoisotopic (exact) mass is 428 g/mol. The van der Waals surface area contributed by atoms with E-state index in [0.717, 1.165) is 27.9 Å². The van der Waals surface area contributed by atoms with Crippen LogP contribution in [0.15, 0.2) is 41.1 Å². The molecule has 1 atom stereocenters. The zero-order chi connectivity index (χ0) is 20.3. The average Bonchev–Trinajstić information content (AvgIpc) is 2.59. The van der Waals surface area contributed by atoms with E-state index in [1.807, 2.05) is 0 Å². The smallest absolute Gasteiger partial charge is 0.406 e. The van der Waals surface area contributed by atoms with Gasteiger partial charge in [-0.1, -0.05) is 12.6 Å². The first-order valence-electron chi connectivity index (χ1n) is 7.91. The maximum Gasteiger partial charge on any atom is 0.573 e. The number of ether oxygens (including phenoxy) is 1. The standard InChI is InChI=1S/C15H19F3N2O5S2/c1-2-26(21,22)19-10-12-5-4-8-20(11-12)27(23,24)14-7-3-6-13(9-14)25-15(16,17)18/h2-3,6-7,9,12,19H,1,4-5,8,10-11H2. The molecule has 1 N–H and O–H groups in total. The second kappa shape index (κ2) is 8.17. The van der Waals surface area contributed by atoms with Crippen LogP contribution in [0.4, 0.5) is 13.2 Å². The summed E-state index contributed by atoms with van der Waals surface area (Å²) < 4.78 is 92.6. The van der Waals surface area contributed by atoms with Gasteiger partial charge >= 0.3 is 6.36 Å². The molecule has 2 rings (SSSR count). The number of hydrogen-bond acceptors (Lipinski definition) is 5. The summed E-state index contributed by atoms with van der Waals surface area (Å²) in [5.41, 5.74) is 0.